The third kappa shape index (κ3) is 5.52. The number of hydrogen-bond donors (Lipinski definition) is 3. The molecule has 0 bridgehead atoms. The molecule has 30 heavy (non-hydrogen) atoms. The summed E-state index contributed by atoms with van der Waals surface area (Å²) in [5.74, 6) is 0.479. The van der Waals surface area contributed by atoms with Crippen LogP contribution in [0.15, 0.2) is 48.8 Å². The maximum absolute atomic E-state index is 12.9. The maximum Gasteiger partial charge on any atom is 0.417 e. The van der Waals surface area contributed by atoms with Crippen LogP contribution in [0.1, 0.15) is 23.2 Å². The fourth-order valence-electron chi connectivity index (χ4n) is 2.72. The third-order valence-corrected chi connectivity index (χ3v) is 4.52. The number of nitrogens with zero attached hydrogens (tertiary/aromatic N) is 1. The third-order valence-electron chi connectivity index (χ3n) is 4.19. The summed E-state index contributed by atoms with van der Waals surface area (Å²) in [7, 11) is 0. The van der Waals surface area contributed by atoms with Crippen molar-refractivity contribution >= 4 is 23.2 Å². The van der Waals surface area contributed by atoms with Gasteiger partial charge in [0.25, 0.3) is 0 Å². The number of carbonyl (C=O) groups excluding carboxylic acids is 1. The molecular formula is C20H18ClF3N4O2. The molecule has 0 fully saturated rings. The molecular weight excluding hydrogens is 421 g/mol. The Labute approximate surface area is 175 Å². The Morgan fingerprint density at radius 1 is 1.23 bits per heavy atom. The first kappa shape index (κ1) is 21.7. The second kappa shape index (κ2) is 9.19. The summed E-state index contributed by atoms with van der Waals surface area (Å²) >= 11 is 5.59. The normalized spacial score (nSPS) is 11.4. The van der Waals surface area contributed by atoms with E-state index in [0.717, 1.165) is 17.7 Å². The lowest BCUT2D eigenvalue weighted by atomic mass is 10.1. The molecule has 3 rings (SSSR count). The fourth-order valence-corrected chi connectivity index (χ4v) is 2.95. The highest BCUT2D eigenvalue weighted by Gasteiger charge is 2.33. The van der Waals surface area contributed by atoms with E-state index >= 15 is 0 Å². The summed E-state index contributed by atoms with van der Waals surface area (Å²) in [6.45, 7) is 0.246. The molecule has 0 saturated heterocycles. The zero-order valence-electron chi connectivity index (χ0n) is 15.6. The van der Waals surface area contributed by atoms with E-state index in [-0.39, 0.29) is 18.7 Å². The molecule has 0 spiro atoms. The Bertz CT molecular complexity index is 1040. The molecule has 0 unspecified atom stereocenters. The molecule has 1 amide bonds. The first-order chi connectivity index (χ1) is 14.3. The molecule has 1 heterocycles. The van der Waals surface area contributed by atoms with Crippen LogP contribution in [0, 0.1) is 0 Å². The van der Waals surface area contributed by atoms with Gasteiger partial charge in [0.1, 0.15) is 5.75 Å². The van der Waals surface area contributed by atoms with Gasteiger partial charge in [-0.15, -0.1) is 0 Å². The number of anilines is 1. The van der Waals surface area contributed by atoms with Crippen LogP contribution in [0.4, 0.5) is 18.9 Å². The van der Waals surface area contributed by atoms with Crippen molar-refractivity contribution in [2.45, 2.75) is 25.6 Å². The molecule has 0 radical (unpaired) electrons. The molecule has 10 heteroatoms. The number of imidazole rings is 1. The van der Waals surface area contributed by atoms with E-state index in [4.69, 9.17) is 22.1 Å². The van der Waals surface area contributed by atoms with E-state index in [2.05, 4.69) is 15.3 Å². The number of alkyl halides is 3. The summed E-state index contributed by atoms with van der Waals surface area (Å²) in [4.78, 5) is 19.1. The van der Waals surface area contributed by atoms with Crippen molar-refractivity contribution in [1.82, 2.24) is 9.97 Å². The largest absolute Gasteiger partial charge is 0.437 e. The quantitative estimate of drug-likeness (QED) is 0.489. The predicted molar refractivity (Wildman–Crippen MR) is 106 cm³/mol. The van der Waals surface area contributed by atoms with Crippen LogP contribution < -0.4 is 15.8 Å². The molecule has 3 aromatic rings. The number of nitrogens with one attached hydrogen (secondary N) is 2. The molecule has 0 atom stereocenters. The molecule has 6 nitrogen and oxygen atoms in total. The van der Waals surface area contributed by atoms with Crippen molar-refractivity contribution in [2.75, 3.05) is 5.32 Å². The number of aromatic nitrogens is 2. The number of nitrogens with two attached hydrogens (primary N) is 1. The number of ether oxygens (including phenoxy) is 1. The monoisotopic (exact) mass is 438 g/mol. The Balaban J connectivity index is 1.60. The number of carbonyl (C=O) groups is 1. The smallest absolute Gasteiger partial charge is 0.417 e. The number of aryl methyl sites for hydroxylation is 1. The number of hydrogen-bond acceptors (Lipinski definition) is 4. The SMILES string of the molecule is NCc1[nH]cnc1Oc1cccc(CCC(=O)Nc2ccc(Cl)c(C(F)(F)F)c2)c1. The van der Waals surface area contributed by atoms with E-state index < -0.39 is 22.7 Å². The van der Waals surface area contributed by atoms with E-state index in [1.54, 1.807) is 18.2 Å². The summed E-state index contributed by atoms with van der Waals surface area (Å²) in [5.41, 5.74) is 6.10. The van der Waals surface area contributed by atoms with Crippen LogP contribution in [0.5, 0.6) is 11.6 Å². The Morgan fingerprint density at radius 3 is 2.77 bits per heavy atom. The van der Waals surface area contributed by atoms with Crippen LogP contribution in [0.2, 0.25) is 5.02 Å². The summed E-state index contributed by atoms with van der Waals surface area (Å²) in [6.07, 6.45) is -2.68. The lowest BCUT2D eigenvalue weighted by Crippen LogP contribution is -2.14. The standard InChI is InChI=1S/C20H18ClF3N4O2/c21-16-6-5-13(9-15(16)20(22,23)24)28-18(29)7-4-12-2-1-3-14(8-12)30-19-17(10-25)26-11-27-19/h1-3,5-6,8-9,11H,4,7,10,25H2,(H,26,27)(H,28,29). The Kier molecular flexibility index (Phi) is 6.63. The van der Waals surface area contributed by atoms with Crippen molar-refractivity contribution < 1.29 is 22.7 Å². The van der Waals surface area contributed by atoms with Crippen molar-refractivity contribution in [3.05, 3.63) is 70.6 Å². The zero-order valence-corrected chi connectivity index (χ0v) is 16.3. The van der Waals surface area contributed by atoms with Gasteiger partial charge in [-0.1, -0.05) is 23.7 Å². The van der Waals surface area contributed by atoms with Gasteiger partial charge < -0.3 is 20.8 Å². The Morgan fingerprint density at radius 2 is 2.03 bits per heavy atom. The Hall–Kier alpha value is -3.04. The van der Waals surface area contributed by atoms with Gasteiger partial charge in [-0.25, -0.2) is 4.98 Å². The van der Waals surface area contributed by atoms with Crippen LogP contribution in [0.3, 0.4) is 0 Å². The zero-order chi connectivity index (χ0) is 21.7. The second-order valence-electron chi connectivity index (χ2n) is 6.38. The lowest BCUT2D eigenvalue weighted by Gasteiger charge is -2.12. The van der Waals surface area contributed by atoms with Gasteiger partial charge in [0, 0.05) is 18.7 Å². The second-order valence-corrected chi connectivity index (χ2v) is 6.79. The summed E-state index contributed by atoms with van der Waals surface area (Å²) < 4.78 is 44.5. The summed E-state index contributed by atoms with van der Waals surface area (Å²) in [5, 5.41) is 2.04. The van der Waals surface area contributed by atoms with Gasteiger partial charge in [0.15, 0.2) is 0 Å². The minimum absolute atomic E-state index is 0.0293. The van der Waals surface area contributed by atoms with Gasteiger partial charge in [-0.3, -0.25) is 4.79 Å². The van der Waals surface area contributed by atoms with Crippen molar-refractivity contribution in [3.63, 3.8) is 0 Å². The average molecular weight is 439 g/mol. The molecule has 2 aromatic carbocycles. The van der Waals surface area contributed by atoms with Crippen LogP contribution in [-0.2, 0) is 23.9 Å². The number of amides is 1. The van der Waals surface area contributed by atoms with Gasteiger partial charge >= 0.3 is 6.18 Å². The minimum Gasteiger partial charge on any atom is -0.437 e. The molecule has 0 aliphatic rings. The number of H-pyrrole nitrogens is 1. The van der Waals surface area contributed by atoms with Gasteiger partial charge in [-0.05, 0) is 42.3 Å². The highest BCUT2D eigenvalue weighted by Crippen LogP contribution is 2.36. The van der Waals surface area contributed by atoms with Crippen LogP contribution in [-0.4, -0.2) is 15.9 Å². The van der Waals surface area contributed by atoms with Crippen LogP contribution >= 0.6 is 11.6 Å². The molecule has 0 aliphatic carbocycles. The molecule has 0 saturated carbocycles. The highest BCUT2D eigenvalue weighted by molar-refractivity contribution is 6.31. The number of benzene rings is 2. The number of halogens is 4. The maximum atomic E-state index is 12.9. The first-order valence-corrected chi connectivity index (χ1v) is 9.30. The van der Waals surface area contributed by atoms with E-state index in [1.807, 2.05) is 6.07 Å². The highest BCUT2D eigenvalue weighted by atomic mass is 35.5. The van der Waals surface area contributed by atoms with E-state index in [1.165, 1.54) is 12.4 Å². The van der Waals surface area contributed by atoms with E-state index in [9.17, 15) is 18.0 Å². The van der Waals surface area contributed by atoms with Gasteiger partial charge in [0.2, 0.25) is 11.8 Å². The molecule has 1 aromatic heterocycles. The van der Waals surface area contributed by atoms with Crippen molar-refractivity contribution in [1.29, 1.82) is 0 Å². The average Bonchev–Trinajstić information content (AvgIpc) is 3.14. The molecule has 158 valence electrons. The van der Waals surface area contributed by atoms with Crippen molar-refractivity contribution in [3.8, 4) is 11.6 Å². The van der Waals surface area contributed by atoms with Crippen molar-refractivity contribution in [2.24, 2.45) is 5.73 Å². The lowest BCUT2D eigenvalue weighted by molar-refractivity contribution is -0.137. The molecule has 4 N–H and O–H groups in total. The summed E-state index contributed by atoms with van der Waals surface area (Å²) in [6, 6.07) is 10.3. The first-order valence-electron chi connectivity index (χ1n) is 8.92. The minimum atomic E-state index is -4.60. The molecule has 0 aliphatic heterocycles. The fraction of sp³-hybridized carbons (Fsp3) is 0.200. The topological polar surface area (TPSA) is 93.0 Å². The van der Waals surface area contributed by atoms with Gasteiger partial charge in [-0.2, -0.15) is 13.2 Å². The number of rotatable bonds is 7. The van der Waals surface area contributed by atoms with E-state index in [0.29, 0.717) is 23.7 Å². The number of aromatic amines is 1. The van der Waals surface area contributed by atoms with Crippen LogP contribution in [0.25, 0.3) is 0 Å². The predicted octanol–water partition coefficient (Wildman–Crippen LogP) is 4.90. The van der Waals surface area contributed by atoms with Gasteiger partial charge in [0.05, 0.1) is 22.6 Å².